The van der Waals surface area contributed by atoms with E-state index in [-0.39, 0.29) is 12.5 Å². The van der Waals surface area contributed by atoms with Crippen molar-refractivity contribution >= 4 is 5.91 Å². The first kappa shape index (κ1) is 19.4. The van der Waals surface area contributed by atoms with Gasteiger partial charge in [-0.25, -0.2) is 0 Å². The van der Waals surface area contributed by atoms with Gasteiger partial charge in [-0.3, -0.25) is 9.69 Å². The number of aliphatic hydroxyl groups is 1. The summed E-state index contributed by atoms with van der Waals surface area (Å²) in [6.45, 7) is 7.04. The van der Waals surface area contributed by atoms with E-state index in [1.165, 1.54) is 5.56 Å². The van der Waals surface area contributed by atoms with Crippen LogP contribution in [0.2, 0.25) is 0 Å². The zero-order chi connectivity index (χ0) is 19.2. The van der Waals surface area contributed by atoms with Gasteiger partial charge in [0.25, 0.3) is 5.91 Å². The minimum Gasteiger partial charge on any atom is -0.483 e. The number of hydrogen-bond donors (Lipinski definition) is 1. The van der Waals surface area contributed by atoms with Gasteiger partial charge in [-0.15, -0.1) is 0 Å². The Morgan fingerprint density at radius 1 is 1.07 bits per heavy atom. The number of aliphatic hydroxyl groups excluding tert-OH is 1. The minimum atomic E-state index is -0.555. The number of nitrogens with zero attached hydrogens (tertiary/aromatic N) is 2. The van der Waals surface area contributed by atoms with E-state index in [1.807, 2.05) is 50.2 Å². The molecule has 0 unspecified atom stereocenters. The van der Waals surface area contributed by atoms with Crippen LogP contribution < -0.4 is 4.74 Å². The van der Waals surface area contributed by atoms with Crippen LogP contribution in [0.15, 0.2) is 48.5 Å². The van der Waals surface area contributed by atoms with E-state index >= 15 is 0 Å². The molecule has 1 aliphatic rings. The Balaban J connectivity index is 1.55. The van der Waals surface area contributed by atoms with E-state index in [0.717, 1.165) is 30.0 Å². The van der Waals surface area contributed by atoms with E-state index in [9.17, 15) is 9.90 Å². The second-order valence-corrected chi connectivity index (χ2v) is 7.20. The zero-order valence-electron chi connectivity index (χ0n) is 16.1. The molecule has 0 bridgehead atoms. The maximum atomic E-state index is 12.6. The number of rotatable bonds is 5. The largest absolute Gasteiger partial charge is 0.483 e. The van der Waals surface area contributed by atoms with Gasteiger partial charge in [0.15, 0.2) is 6.61 Å². The van der Waals surface area contributed by atoms with E-state index < -0.39 is 6.10 Å². The molecule has 1 atom stereocenters. The zero-order valence-corrected chi connectivity index (χ0v) is 16.1. The van der Waals surface area contributed by atoms with Crippen LogP contribution in [0.1, 0.15) is 16.7 Å². The molecule has 1 N–H and O–H groups in total. The predicted molar refractivity (Wildman–Crippen MR) is 106 cm³/mol. The SMILES string of the molecule is Cc1cccc(OCC(=O)N2CCN(Cc3ccccc3)C[C@@H](O)C2)c1C. The minimum absolute atomic E-state index is 0.00427. The molecule has 5 heteroatoms. The van der Waals surface area contributed by atoms with Gasteiger partial charge < -0.3 is 14.7 Å². The molecule has 0 spiro atoms. The maximum Gasteiger partial charge on any atom is 0.260 e. The lowest BCUT2D eigenvalue weighted by atomic mass is 10.1. The first-order valence-electron chi connectivity index (χ1n) is 9.44. The third kappa shape index (κ3) is 5.31. The Morgan fingerprint density at radius 2 is 1.85 bits per heavy atom. The van der Waals surface area contributed by atoms with Gasteiger partial charge in [-0.1, -0.05) is 42.5 Å². The van der Waals surface area contributed by atoms with Crippen molar-refractivity contribution in [2.45, 2.75) is 26.5 Å². The number of aryl methyl sites for hydroxylation is 1. The molecule has 0 radical (unpaired) electrons. The first-order chi connectivity index (χ1) is 13.0. The number of carbonyl (C=O) groups excluding carboxylic acids is 1. The van der Waals surface area contributed by atoms with Gasteiger partial charge in [-0.2, -0.15) is 0 Å². The number of amides is 1. The Labute approximate surface area is 161 Å². The van der Waals surface area contributed by atoms with Crippen LogP contribution in [-0.2, 0) is 11.3 Å². The summed E-state index contributed by atoms with van der Waals surface area (Å²) in [7, 11) is 0. The van der Waals surface area contributed by atoms with Crippen molar-refractivity contribution < 1.29 is 14.6 Å². The number of hydrogen-bond acceptors (Lipinski definition) is 4. The van der Waals surface area contributed by atoms with Crippen LogP contribution >= 0.6 is 0 Å². The monoisotopic (exact) mass is 368 g/mol. The predicted octanol–water partition coefficient (Wildman–Crippen LogP) is 2.39. The average Bonchev–Trinajstić information content (AvgIpc) is 2.84. The summed E-state index contributed by atoms with van der Waals surface area (Å²) in [4.78, 5) is 16.5. The third-order valence-electron chi connectivity index (χ3n) is 5.09. The summed E-state index contributed by atoms with van der Waals surface area (Å²) in [5.74, 6) is 0.654. The van der Waals surface area contributed by atoms with Crippen LogP contribution in [0.3, 0.4) is 0 Å². The van der Waals surface area contributed by atoms with Crippen molar-refractivity contribution in [3.63, 3.8) is 0 Å². The normalized spacial score (nSPS) is 18.2. The van der Waals surface area contributed by atoms with Crippen LogP contribution in [0.5, 0.6) is 5.75 Å². The number of β-amino-alcohol motifs (C(OH)–C–C–N with tert-alkyl or cyclic N) is 1. The van der Waals surface area contributed by atoms with Gasteiger partial charge in [0.1, 0.15) is 5.75 Å². The summed E-state index contributed by atoms with van der Waals surface area (Å²) < 4.78 is 5.74. The summed E-state index contributed by atoms with van der Waals surface area (Å²) in [5.41, 5.74) is 3.40. The summed E-state index contributed by atoms with van der Waals surface area (Å²) in [6.07, 6.45) is -0.555. The summed E-state index contributed by atoms with van der Waals surface area (Å²) >= 11 is 0. The van der Waals surface area contributed by atoms with Crippen LogP contribution in [0, 0.1) is 13.8 Å². The Bertz CT molecular complexity index is 763. The quantitative estimate of drug-likeness (QED) is 0.881. The summed E-state index contributed by atoms with van der Waals surface area (Å²) in [5, 5.41) is 10.3. The molecule has 1 saturated heterocycles. The van der Waals surface area contributed by atoms with Crippen LogP contribution in [-0.4, -0.2) is 59.7 Å². The van der Waals surface area contributed by atoms with Crippen molar-refractivity contribution in [2.24, 2.45) is 0 Å². The van der Waals surface area contributed by atoms with E-state index in [1.54, 1.807) is 4.90 Å². The number of ether oxygens (including phenoxy) is 1. The molecule has 3 rings (SSSR count). The molecule has 0 aromatic heterocycles. The standard InChI is InChI=1S/C22H28N2O3/c1-17-7-6-10-21(18(17)2)27-16-22(26)24-12-11-23(14-20(25)15-24)13-19-8-4-3-5-9-19/h3-10,20,25H,11-16H2,1-2H3/t20-/m1/s1. The molecule has 1 heterocycles. The molecule has 1 aliphatic heterocycles. The van der Waals surface area contributed by atoms with Crippen molar-refractivity contribution in [1.29, 1.82) is 0 Å². The lowest BCUT2D eigenvalue weighted by molar-refractivity contribution is -0.134. The van der Waals surface area contributed by atoms with Crippen molar-refractivity contribution in [2.75, 3.05) is 32.8 Å². The average molecular weight is 368 g/mol. The highest BCUT2D eigenvalue weighted by Crippen LogP contribution is 2.20. The fourth-order valence-electron chi connectivity index (χ4n) is 3.38. The van der Waals surface area contributed by atoms with Gasteiger partial charge in [0.05, 0.1) is 6.10 Å². The molecule has 144 valence electrons. The molecule has 27 heavy (non-hydrogen) atoms. The van der Waals surface area contributed by atoms with Crippen molar-refractivity contribution in [1.82, 2.24) is 9.80 Å². The van der Waals surface area contributed by atoms with Gasteiger partial charge in [-0.05, 0) is 36.6 Å². The molecule has 0 saturated carbocycles. The maximum absolute atomic E-state index is 12.6. The van der Waals surface area contributed by atoms with Crippen molar-refractivity contribution in [3.05, 3.63) is 65.2 Å². The number of benzene rings is 2. The van der Waals surface area contributed by atoms with Crippen LogP contribution in [0.25, 0.3) is 0 Å². The second-order valence-electron chi connectivity index (χ2n) is 7.20. The lowest BCUT2D eigenvalue weighted by Gasteiger charge is -2.22. The highest BCUT2D eigenvalue weighted by molar-refractivity contribution is 5.78. The van der Waals surface area contributed by atoms with Crippen LogP contribution in [0.4, 0.5) is 0 Å². The molecule has 1 fully saturated rings. The molecule has 0 aliphatic carbocycles. The summed E-state index contributed by atoms with van der Waals surface area (Å²) in [6, 6.07) is 16.0. The number of carbonyl (C=O) groups is 1. The van der Waals surface area contributed by atoms with Gasteiger partial charge >= 0.3 is 0 Å². The fraction of sp³-hybridized carbons (Fsp3) is 0.409. The highest BCUT2D eigenvalue weighted by Gasteiger charge is 2.24. The molecular formula is C22H28N2O3. The van der Waals surface area contributed by atoms with Gasteiger partial charge in [0.2, 0.25) is 0 Å². The van der Waals surface area contributed by atoms with E-state index in [0.29, 0.717) is 19.6 Å². The smallest absolute Gasteiger partial charge is 0.260 e. The van der Waals surface area contributed by atoms with Crippen molar-refractivity contribution in [3.8, 4) is 5.75 Å². The highest BCUT2D eigenvalue weighted by atomic mass is 16.5. The lowest BCUT2D eigenvalue weighted by Crippen LogP contribution is -2.40. The van der Waals surface area contributed by atoms with Gasteiger partial charge in [0, 0.05) is 32.7 Å². The molecule has 5 nitrogen and oxygen atoms in total. The Hall–Kier alpha value is -2.37. The Kier molecular flexibility index (Phi) is 6.48. The second kappa shape index (κ2) is 9.02. The molecule has 2 aromatic carbocycles. The Morgan fingerprint density at radius 3 is 2.63 bits per heavy atom. The molecule has 2 aromatic rings. The fourth-order valence-corrected chi connectivity index (χ4v) is 3.38. The topological polar surface area (TPSA) is 53.0 Å². The van der Waals surface area contributed by atoms with E-state index in [4.69, 9.17) is 4.74 Å². The molecule has 1 amide bonds. The third-order valence-corrected chi connectivity index (χ3v) is 5.09. The molecular weight excluding hydrogens is 340 g/mol. The first-order valence-corrected chi connectivity index (χ1v) is 9.44. The van der Waals surface area contributed by atoms with E-state index in [2.05, 4.69) is 17.0 Å².